The number of carbonyl (C=O) groups excluding carboxylic acids is 1. The molecule has 0 radical (unpaired) electrons. The van der Waals surface area contributed by atoms with Crippen molar-refractivity contribution < 1.29 is 9.63 Å². The van der Waals surface area contributed by atoms with Crippen molar-refractivity contribution in [2.45, 2.75) is 26.2 Å². The molecule has 2 aromatic rings. The number of hydrogen-bond donors (Lipinski definition) is 1. The van der Waals surface area contributed by atoms with Crippen LogP contribution < -0.4 is 5.32 Å². The second-order valence-corrected chi connectivity index (χ2v) is 8.24. The number of likely N-dealkylation sites (tertiary alicyclic amines) is 1. The maximum absolute atomic E-state index is 13.0. The fourth-order valence-electron chi connectivity index (χ4n) is 4.05. The van der Waals surface area contributed by atoms with E-state index in [1.54, 1.807) is 19.5 Å². The quantitative estimate of drug-likeness (QED) is 0.532. The van der Waals surface area contributed by atoms with Crippen molar-refractivity contribution in [3.8, 4) is 0 Å². The molecule has 32 heavy (non-hydrogen) atoms. The summed E-state index contributed by atoms with van der Waals surface area (Å²) in [6.45, 7) is 3.53. The van der Waals surface area contributed by atoms with Gasteiger partial charge in [0.05, 0.1) is 5.70 Å². The number of nitrogens with zero attached hydrogens (tertiary/aromatic N) is 4. The standard InChI is InChI=1S/C25H29N5O2/c1-18-3-8-23(27-17-18)24(29-32-2)19-11-15-30(16-12-19)25(31)20-4-6-21(7-5-20)28-22-9-13-26-14-10-22/h4-10,13-14,17-19H,3,11-12,15-16H2,1-2H3,(H,26,28)/b29-24+. The summed E-state index contributed by atoms with van der Waals surface area (Å²) in [6, 6.07) is 11.4. The zero-order valence-electron chi connectivity index (χ0n) is 18.6. The number of piperidine rings is 1. The number of allylic oxidation sites excluding steroid dienone is 2. The number of aromatic nitrogens is 1. The number of carbonyl (C=O) groups is 1. The lowest BCUT2D eigenvalue weighted by atomic mass is 9.88. The van der Waals surface area contributed by atoms with Crippen molar-refractivity contribution in [2.24, 2.45) is 22.0 Å². The van der Waals surface area contributed by atoms with E-state index in [-0.39, 0.29) is 11.8 Å². The SMILES string of the molecule is CO/N=C(/C1=CCC(C)C=N1)C1CCN(C(=O)c2ccc(Nc3ccncc3)cc2)CC1. The number of oxime groups is 1. The monoisotopic (exact) mass is 431 g/mol. The Hall–Kier alpha value is -3.48. The van der Waals surface area contributed by atoms with Crippen LogP contribution in [0.5, 0.6) is 0 Å². The third-order valence-electron chi connectivity index (χ3n) is 5.87. The van der Waals surface area contributed by atoms with Gasteiger partial charge in [-0.05, 0) is 61.6 Å². The number of nitrogens with one attached hydrogen (secondary N) is 1. The van der Waals surface area contributed by atoms with Crippen LogP contribution in [0.25, 0.3) is 0 Å². The van der Waals surface area contributed by atoms with Gasteiger partial charge in [-0.25, -0.2) is 0 Å². The minimum absolute atomic E-state index is 0.0628. The molecule has 1 aromatic carbocycles. The summed E-state index contributed by atoms with van der Waals surface area (Å²) in [5, 5.41) is 7.60. The minimum atomic E-state index is 0.0628. The highest BCUT2D eigenvalue weighted by Crippen LogP contribution is 2.26. The molecule has 1 aromatic heterocycles. The molecule has 0 saturated carbocycles. The normalized spacial score (nSPS) is 19.4. The lowest BCUT2D eigenvalue weighted by Crippen LogP contribution is -2.40. The fourth-order valence-corrected chi connectivity index (χ4v) is 4.05. The number of rotatable bonds is 6. The number of hydrogen-bond acceptors (Lipinski definition) is 6. The second kappa shape index (κ2) is 10.2. The highest BCUT2D eigenvalue weighted by Gasteiger charge is 2.29. The molecule has 2 aliphatic heterocycles. The first kappa shape index (κ1) is 21.7. The summed E-state index contributed by atoms with van der Waals surface area (Å²) in [6.07, 6.45) is 10.3. The maximum Gasteiger partial charge on any atom is 0.253 e. The van der Waals surface area contributed by atoms with E-state index in [1.165, 1.54) is 0 Å². The number of pyridine rings is 1. The zero-order valence-corrected chi connectivity index (χ0v) is 18.6. The van der Waals surface area contributed by atoms with E-state index in [0.29, 0.717) is 24.6 Å². The highest BCUT2D eigenvalue weighted by atomic mass is 16.6. The molecule has 0 bridgehead atoms. The fraction of sp³-hybridized carbons (Fsp3) is 0.360. The van der Waals surface area contributed by atoms with Gasteiger partial charge in [0.25, 0.3) is 5.91 Å². The van der Waals surface area contributed by atoms with Crippen LogP contribution in [0.4, 0.5) is 11.4 Å². The van der Waals surface area contributed by atoms with Gasteiger partial charge < -0.3 is 15.1 Å². The lowest BCUT2D eigenvalue weighted by molar-refractivity contribution is 0.0709. The molecule has 1 unspecified atom stereocenters. The summed E-state index contributed by atoms with van der Waals surface area (Å²) in [5.41, 5.74) is 4.40. The number of anilines is 2. The molecular weight excluding hydrogens is 402 g/mol. The summed E-state index contributed by atoms with van der Waals surface area (Å²) in [7, 11) is 1.57. The molecule has 7 nitrogen and oxygen atoms in total. The van der Waals surface area contributed by atoms with E-state index in [9.17, 15) is 4.79 Å². The summed E-state index contributed by atoms with van der Waals surface area (Å²) >= 11 is 0. The molecule has 7 heteroatoms. The third-order valence-corrected chi connectivity index (χ3v) is 5.87. The minimum Gasteiger partial charge on any atom is -0.399 e. The molecule has 1 N–H and O–H groups in total. The highest BCUT2D eigenvalue weighted by molar-refractivity contribution is 6.03. The maximum atomic E-state index is 13.0. The average molecular weight is 432 g/mol. The van der Waals surface area contributed by atoms with Crippen LogP contribution in [0, 0.1) is 11.8 Å². The van der Waals surface area contributed by atoms with Gasteiger partial charge in [-0.15, -0.1) is 0 Å². The van der Waals surface area contributed by atoms with E-state index in [0.717, 1.165) is 42.0 Å². The summed E-state index contributed by atoms with van der Waals surface area (Å²) in [4.78, 5) is 28.7. The molecule has 2 aliphatic rings. The third kappa shape index (κ3) is 5.22. The largest absolute Gasteiger partial charge is 0.399 e. The van der Waals surface area contributed by atoms with Gasteiger partial charge >= 0.3 is 0 Å². The Kier molecular flexibility index (Phi) is 6.94. The lowest BCUT2D eigenvalue weighted by Gasteiger charge is -2.32. The van der Waals surface area contributed by atoms with E-state index in [4.69, 9.17) is 4.84 Å². The van der Waals surface area contributed by atoms with Crippen molar-refractivity contribution >= 4 is 29.2 Å². The molecule has 1 fully saturated rings. The Bertz CT molecular complexity index is 1010. The smallest absolute Gasteiger partial charge is 0.253 e. The van der Waals surface area contributed by atoms with E-state index in [2.05, 4.69) is 33.4 Å². The number of aliphatic imine (C=N–C) groups is 1. The first-order valence-corrected chi connectivity index (χ1v) is 11.1. The molecule has 0 spiro atoms. The molecule has 4 rings (SSSR count). The van der Waals surface area contributed by atoms with Crippen LogP contribution >= 0.6 is 0 Å². The average Bonchev–Trinajstić information content (AvgIpc) is 2.84. The van der Waals surface area contributed by atoms with Crippen LogP contribution in [-0.2, 0) is 4.84 Å². The first-order valence-electron chi connectivity index (χ1n) is 11.1. The molecule has 166 valence electrons. The molecule has 3 heterocycles. The number of benzene rings is 1. The van der Waals surface area contributed by atoms with E-state index in [1.807, 2.05) is 47.5 Å². The Morgan fingerprint density at radius 3 is 2.41 bits per heavy atom. The van der Waals surface area contributed by atoms with Crippen LogP contribution in [0.15, 0.2) is 70.7 Å². The van der Waals surface area contributed by atoms with Gasteiger partial charge in [0, 0.05) is 54.6 Å². The van der Waals surface area contributed by atoms with Crippen LogP contribution in [0.1, 0.15) is 36.5 Å². The van der Waals surface area contributed by atoms with Crippen LogP contribution in [0.2, 0.25) is 0 Å². The Balaban J connectivity index is 1.36. The molecule has 1 saturated heterocycles. The predicted molar refractivity (Wildman–Crippen MR) is 127 cm³/mol. The topological polar surface area (TPSA) is 79.2 Å². The Morgan fingerprint density at radius 1 is 1.09 bits per heavy atom. The van der Waals surface area contributed by atoms with Gasteiger partial charge in [-0.3, -0.25) is 14.8 Å². The van der Waals surface area contributed by atoms with Gasteiger partial charge in [0.2, 0.25) is 0 Å². The number of amides is 1. The van der Waals surface area contributed by atoms with Crippen molar-refractivity contribution in [1.29, 1.82) is 0 Å². The molecule has 0 aliphatic carbocycles. The summed E-state index contributed by atoms with van der Waals surface area (Å²) in [5.74, 6) is 0.754. The van der Waals surface area contributed by atoms with Crippen molar-refractivity contribution in [2.75, 3.05) is 25.5 Å². The van der Waals surface area contributed by atoms with Crippen molar-refractivity contribution in [3.05, 3.63) is 66.1 Å². The molecule has 1 amide bonds. The van der Waals surface area contributed by atoms with Gasteiger partial charge in [-0.1, -0.05) is 18.2 Å². The van der Waals surface area contributed by atoms with Gasteiger partial charge in [0.1, 0.15) is 12.8 Å². The first-order chi connectivity index (χ1) is 15.6. The Labute approximate surface area is 188 Å². The van der Waals surface area contributed by atoms with Gasteiger partial charge in [-0.2, -0.15) is 0 Å². The predicted octanol–water partition coefficient (Wildman–Crippen LogP) is 4.67. The molecular formula is C25H29N5O2. The zero-order chi connectivity index (χ0) is 22.3. The van der Waals surface area contributed by atoms with E-state index >= 15 is 0 Å². The molecule has 1 atom stereocenters. The second-order valence-electron chi connectivity index (χ2n) is 8.24. The van der Waals surface area contributed by atoms with E-state index < -0.39 is 0 Å². The van der Waals surface area contributed by atoms with Crippen molar-refractivity contribution in [3.63, 3.8) is 0 Å². The summed E-state index contributed by atoms with van der Waals surface area (Å²) < 4.78 is 0. The van der Waals surface area contributed by atoms with Gasteiger partial charge in [0.15, 0.2) is 0 Å². The van der Waals surface area contributed by atoms with Crippen LogP contribution in [-0.4, -0.2) is 47.9 Å². The van der Waals surface area contributed by atoms with Crippen molar-refractivity contribution in [1.82, 2.24) is 9.88 Å². The van der Waals surface area contributed by atoms with Crippen LogP contribution in [0.3, 0.4) is 0 Å². The Morgan fingerprint density at radius 2 is 1.78 bits per heavy atom.